The third-order valence-electron chi connectivity index (χ3n) is 4.25. The van der Waals surface area contributed by atoms with E-state index >= 15 is 0 Å². The Labute approximate surface area is 145 Å². The lowest BCUT2D eigenvalue weighted by Crippen LogP contribution is -2.32. The Morgan fingerprint density at radius 1 is 1.24 bits per heavy atom. The van der Waals surface area contributed by atoms with E-state index in [1.165, 1.54) is 24.3 Å². The number of carbonyl (C=O) groups is 1. The lowest BCUT2D eigenvalue weighted by Gasteiger charge is -2.25. The highest BCUT2D eigenvalue weighted by atomic mass is 32.2. The van der Waals surface area contributed by atoms with Crippen molar-refractivity contribution < 1.29 is 17.6 Å². The average Bonchev–Trinajstić information content (AvgIpc) is 2.96. The molecule has 6 nitrogen and oxygen atoms in total. The number of aromatic nitrogens is 1. The summed E-state index contributed by atoms with van der Waals surface area (Å²) in [4.78, 5) is 18.2. The van der Waals surface area contributed by atoms with E-state index in [0.717, 1.165) is 5.69 Å². The lowest BCUT2D eigenvalue weighted by atomic mass is 10.2. The molecule has 1 aliphatic rings. The second-order valence-corrected chi connectivity index (χ2v) is 8.26. The lowest BCUT2D eigenvalue weighted by molar-refractivity contribution is 0.102. The van der Waals surface area contributed by atoms with Crippen molar-refractivity contribution in [1.29, 1.82) is 0 Å². The van der Waals surface area contributed by atoms with Gasteiger partial charge in [-0.25, -0.2) is 17.8 Å². The first kappa shape index (κ1) is 17.3. The topological polar surface area (TPSA) is 79.4 Å². The van der Waals surface area contributed by atoms with Crippen molar-refractivity contribution in [2.24, 2.45) is 0 Å². The van der Waals surface area contributed by atoms with Crippen LogP contribution in [0, 0.1) is 5.82 Å². The summed E-state index contributed by atoms with van der Waals surface area (Å²) in [6.45, 7) is 0. The summed E-state index contributed by atoms with van der Waals surface area (Å²) in [5.74, 6) is -0.439. The maximum Gasteiger partial charge on any atom is 0.274 e. The minimum Gasteiger partial charge on any atom is -0.369 e. The molecule has 0 radical (unpaired) electrons. The minimum atomic E-state index is -2.96. The molecule has 3 rings (SSSR count). The van der Waals surface area contributed by atoms with E-state index < -0.39 is 15.7 Å². The van der Waals surface area contributed by atoms with Crippen LogP contribution in [0.2, 0.25) is 0 Å². The fourth-order valence-electron chi connectivity index (χ4n) is 2.75. The Kier molecular flexibility index (Phi) is 4.71. The number of hydrogen-bond donors (Lipinski definition) is 1. The number of hydrogen-bond acceptors (Lipinski definition) is 5. The molecule has 1 unspecified atom stereocenters. The molecule has 25 heavy (non-hydrogen) atoms. The number of nitrogens with zero attached hydrogens (tertiary/aromatic N) is 2. The van der Waals surface area contributed by atoms with Crippen molar-refractivity contribution in [3.8, 4) is 0 Å². The summed E-state index contributed by atoms with van der Waals surface area (Å²) in [7, 11) is -1.14. The summed E-state index contributed by atoms with van der Waals surface area (Å²) >= 11 is 0. The highest BCUT2D eigenvalue weighted by molar-refractivity contribution is 7.91. The van der Waals surface area contributed by atoms with Gasteiger partial charge in [0.25, 0.3) is 5.91 Å². The number of carbonyl (C=O) groups excluding carboxylic acids is 1. The largest absolute Gasteiger partial charge is 0.369 e. The fourth-order valence-corrected chi connectivity index (χ4v) is 4.52. The van der Waals surface area contributed by atoms with E-state index in [1.807, 2.05) is 11.9 Å². The van der Waals surface area contributed by atoms with Crippen LogP contribution >= 0.6 is 0 Å². The molecule has 1 N–H and O–H groups in total. The monoisotopic (exact) mass is 363 g/mol. The number of rotatable bonds is 4. The molecular weight excluding hydrogens is 345 g/mol. The Balaban J connectivity index is 1.67. The number of amides is 1. The van der Waals surface area contributed by atoms with Gasteiger partial charge in [-0.1, -0.05) is 0 Å². The van der Waals surface area contributed by atoms with Gasteiger partial charge in [-0.05, 0) is 42.8 Å². The maximum atomic E-state index is 12.9. The predicted molar refractivity (Wildman–Crippen MR) is 94.1 cm³/mol. The van der Waals surface area contributed by atoms with Gasteiger partial charge in [0.1, 0.15) is 11.5 Å². The minimum absolute atomic E-state index is 0.0781. The first-order valence-corrected chi connectivity index (χ1v) is 9.62. The summed E-state index contributed by atoms with van der Waals surface area (Å²) in [6.07, 6.45) is 2.14. The molecule has 1 aliphatic heterocycles. The van der Waals surface area contributed by atoms with Crippen LogP contribution in [0.1, 0.15) is 16.9 Å². The van der Waals surface area contributed by atoms with Crippen LogP contribution < -0.4 is 10.2 Å². The number of sulfone groups is 1. The average molecular weight is 363 g/mol. The second kappa shape index (κ2) is 6.79. The first-order valence-electron chi connectivity index (χ1n) is 7.80. The molecule has 1 aromatic heterocycles. The van der Waals surface area contributed by atoms with Gasteiger partial charge in [-0.15, -0.1) is 0 Å². The molecule has 0 saturated carbocycles. The van der Waals surface area contributed by atoms with Gasteiger partial charge in [0.05, 0.1) is 23.4 Å². The van der Waals surface area contributed by atoms with Crippen LogP contribution in [-0.4, -0.2) is 43.9 Å². The molecule has 1 aromatic carbocycles. The molecule has 2 aromatic rings. The van der Waals surface area contributed by atoms with Crippen LogP contribution in [0.25, 0.3) is 0 Å². The summed E-state index contributed by atoms with van der Waals surface area (Å²) in [5, 5.41) is 2.64. The highest BCUT2D eigenvalue weighted by Crippen LogP contribution is 2.22. The zero-order valence-corrected chi connectivity index (χ0v) is 14.5. The zero-order chi connectivity index (χ0) is 18.0. The normalized spacial score (nSPS) is 18.7. The predicted octanol–water partition coefficient (Wildman–Crippen LogP) is 2.10. The molecule has 0 spiro atoms. The number of anilines is 2. The Bertz CT molecular complexity index is 867. The quantitative estimate of drug-likeness (QED) is 0.900. The van der Waals surface area contributed by atoms with Gasteiger partial charge in [0.15, 0.2) is 9.84 Å². The summed E-state index contributed by atoms with van der Waals surface area (Å²) < 4.78 is 36.1. The second-order valence-electron chi connectivity index (χ2n) is 6.03. The van der Waals surface area contributed by atoms with Crippen LogP contribution in [0.15, 0.2) is 42.6 Å². The van der Waals surface area contributed by atoms with Gasteiger partial charge in [-0.2, -0.15) is 0 Å². The van der Waals surface area contributed by atoms with Crippen LogP contribution in [0.3, 0.4) is 0 Å². The van der Waals surface area contributed by atoms with Gasteiger partial charge in [-0.3, -0.25) is 4.79 Å². The van der Waals surface area contributed by atoms with Crippen molar-refractivity contribution in [1.82, 2.24) is 4.98 Å². The summed E-state index contributed by atoms with van der Waals surface area (Å²) in [5.41, 5.74) is 1.45. The fraction of sp³-hybridized carbons (Fsp3) is 0.294. The number of pyridine rings is 1. The number of nitrogens with one attached hydrogen (secondary N) is 1. The van der Waals surface area contributed by atoms with Crippen molar-refractivity contribution in [2.75, 3.05) is 28.8 Å². The van der Waals surface area contributed by atoms with Crippen molar-refractivity contribution in [2.45, 2.75) is 12.5 Å². The van der Waals surface area contributed by atoms with Gasteiger partial charge >= 0.3 is 0 Å². The maximum absolute atomic E-state index is 12.9. The van der Waals surface area contributed by atoms with Crippen molar-refractivity contribution in [3.05, 3.63) is 54.1 Å². The standard InChI is InChI=1S/C17H18FN3O3S/c1-21(15-8-9-25(23,24)11-15)14-6-7-16(19-10-14)17(22)20-13-4-2-12(18)3-5-13/h2-7,10,15H,8-9,11H2,1H3,(H,20,22). The van der Waals surface area contributed by atoms with Gasteiger partial charge in [0.2, 0.25) is 0 Å². The van der Waals surface area contributed by atoms with Crippen molar-refractivity contribution in [3.63, 3.8) is 0 Å². The van der Waals surface area contributed by atoms with E-state index in [0.29, 0.717) is 12.1 Å². The Morgan fingerprint density at radius 3 is 2.52 bits per heavy atom. The molecule has 8 heteroatoms. The Morgan fingerprint density at radius 2 is 1.96 bits per heavy atom. The van der Waals surface area contributed by atoms with E-state index in [2.05, 4.69) is 10.3 Å². The molecule has 1 saturated heterocycles. The zero-order valence-electron chi connectivity index (χ0n) is 13.6. The van der Waals surface area contributed by atoms with Crippen LogP contribution in [0.5, 0.6) is 0 Å². The highest BCUT2D eigenvalue weighted by Gasteiger charge is 2.30. The molecule has 1 amide bonds. The van der Waals surface area contributed by atoms with E-state index in [9.17, 15) is 17.6 Å². The smallest absolute Gasteiger partial charge is 0.274 e. The van der Waals surface area contributed by atoms with E-state index in [-0.39, 0.29) is 29.1 Å². The molecule has 1 atom stereocenters. The number of halogens is 1. The van der Waals surface area contributed by atoms with Crippen molar-refractivity contribution >= 4 is 27.1 Å². The molecule has 0 aliphatic carbocycles. The molecule has 1 fully saturated rings. The molecule has 2 heterocycles. The van der Waals surface area contributed by atoms with Gasteiger partial charge in [0, 0.05) is 18.8 Å². The van der Waals surface area contributed by atoms with Gasteiger partial charge < -0.3 is 10.2 Å². The summed E-state index contributed by atoms with van der Waals surface area (Å²) in [6, 6.07) is 8.69. The third kappa shape index (κ3) is 4.14. The molecule has 132 valence electrons. The third-order valence-corrected chi connectivity index (χ3v) is 6.00. The van der Waals surface area contributed by atoms with E-state index in [4.69, 9.17) is 0 Å². The van der Waals surface area contributed by atoms with Crippen LogP contribution in [-0.2, 0) is 9.84 Å². The molecular formula is C17H18FN3O3S. The molecule has 0 bridgehead atoms. The SMILES string of the molecule is CN(c1ccc(C(=O)Nc2ccc(F)cc2)nc1)C1CCS(=O)(=O)C1. The Hall–Kier alpha value is -2.48. The number of benzene rings is 1. The first-order chi connectivity index (χ1) is 11.8. The van der Waals surface area contributed by atoms with Crippen LogP contribution in [0.4, 0.5) is 15.8 Å². The van der Waals surface area contributed by atoms with E-state index in [1.54, 1.807) is 18.3 Å².